The Morgan fingerprint density at radius 1 is 0.615 bits per heavy atom. The summed E-state index contributed by atoms with van der Waals surface area (Å²) in [4.78, 5) is 6.69. The molecule has 0 saturated carbocycles. The van der Waals surface area contributed by atoms with Crippen molar-refractivity contribution in [1.82, 2.24) is 4.98 Å². The molecule has 5 aromatic carbocycles. The first-order valence-electron chi connectivity index (χ1n) is 12.7. The van der Waals surface area contributed by atoms with Crippen LogP contribution in [0.25, 0.3) is 10.6 Å². The summed E-state index contributed by atoms with van der Waals surface area (Å²) in [5, 5.41) is 5.65. The number of aryl methyl sites for hydroxylation is 1. The second-order valence-electron chi connectivity index (χ2n) is 9.23. The van der Waals surface area contributed by atoms with E-state index in [0.29, 0.717) is 0 Å². The zero-order valence-electron chi connectivity index (χ0n) is 21.4. The molecule has 0 aliphatic heterocycles. The predicted octanol–water partition coefficient (Wildman–Crippen LogP) is 8.54. The maximum atomic E-state index is 6.24. The van der Waals surface area contributed by atoms with Crippen molar-refractivity contribution in [1.29, 1.82) is 0 Å². The number of rotatable bonds is 7. The molecule has 0 spiro atoms. The molecule has 0 aliphatic rings. The third-order valence-electron chi connectivity index (χ3n) is 6.65. The van der Waals surface area contributed by atoms with Gasteiger partial charge < -0.3 is 0 Å². The average molecular weight is 579 g/mol. The van der Waals surface area contributed by atoms with Gasteiger partial charge in [0.1, 0.15) is 25.1 Å². The normalized spacial score (nSPS) is 11.4. The Kier molecular flexibility index (Phi) is 7.68. The molecule has 0 radical (unpaired) electrons. The maximum absolute atomic E-state index is 6.24. The quantitative estimate of drug-likeness (QED) is 0.176. The Labute approximate surface area is 243 Å². The van der Waals surface area contributed by atoms with E-state index in [0.717, 1.165) is 25.9 Å². The summed E-state index contributed by atoms with van der Waals surface area (Å²) in [7, 11) is -2.35. The summed E-state index contributed by atoms with van der Waals surface area (Å²) in [6.07, 6.45) is 0. The summed E-state index contributed by atoms with van der Waals surface area (Å²) in [6, 6.07) is 49.6. The molecule has 1 heterocycles. The van der Waals surface area contributed by atoms with Crippen molar-refractivity contribution in [3.63, 3.8) is 0 Å². The Balaban J connectivity index is 1.68. The molecule has 0 atom stereocenters. The standard InChI is InChI=1S/C34H26ClNPS2/c1-25-17-19-26(20-18-25)33-36-32(34(39-33)38-31-23-21-27(35)22-24-31)37(28-11-5-2-6-12-28,29-13-7-3-8-14-29)30-15-9-4-10-16-30/h2-24H,1H3/q+1. The lowest BCUT2D eigenvalue weighted by molar-refractivity contribution is 1.41. The Morgan fingerprint density at radius 2 is 1.10 bits per heavy atom. The molecule has 0 amide bonds. The third kappa shape index (κ3) is 5.21. The van der Waals surface area contributed by atoms with Gasteiger partial charge in [0.15, 0.2) is 7.26 Å². The lowest BCUT2D eigenvalue weighted by Gasteiger charge is -2.26. The monoisotopic (exact) mass is 578 g/mol. The van der Waals surface area contributed by atoms with Gasteiger partial charge in [0, 0.05) is 15.5 Å². The second-order valence-corrected chi connectivity index (χ2v) is 15.3. The van der Waals surface area contributed by atoms with Gasteiger partial charge in [0.05, 0.1) is 0 Å². The van der Waals surface area contributed by atoms with Gasteiger partial charge in [-0.2, -0.15) is 4.98 Å². The highest BCUT2D eigenvalue weighted by Gasteiger charge is 2.52. The number of aromatic nitrogens is 1. The van der Waals surface area contributed by atoms with Gasteiger partial charge in [-0.3, -0.25) is 0 Å². The average Bonchev–Trinajstić information content (AvgIpc) is 3.40. The molecule has 0 aliphatic carbocycles. The van der Waals surface area contributed by atoms with Crippen molar-refractivity contribution >= 4 is 63.3 Å². The molecule has 6 aromatic rings. The Hall–Kier alpha value is -3.20. The highest BCUT2D eigenvalue weighted by Crippen LogP contribution is 2.57. The Bertz CT molecular complexity index is 1570. The van der Waals surface area contributed by atoms with Crippen LogP contribution in [0.4, 0.5) is 0 Å². The van der Waals surface area contributed by atoms with E-state index >= 15 is 0 Å². The van der Waals surface area contributed by atoms with Gasteiger partial charge in [0.2, 0.25) is 5.44 Å². The van der Waals surface area contributed by atoms with Gasteiger partial charge in [-0.15, -0.1) is 11.3 Å². The van der Waals surface area contributed by atoms with Gasteiger partial charge >= 0.3 is 0 Å². The van der Waals surface area contributed by atoms with Crippen LogP contribution in [0.2, 0.25) is 5.02 Å². The van der Waals surface area contributed by atoms with E-state index in [1.165, 1.54) is 25.7 Å². The van der Waals surface area contributed by atoms with Crippen LogP contribution in [0.1, 0.15) is 5.56 Å². The molecule has 5 heteroatoms. The van der Waals surface area contributed by atoms with Crippen LogP contribution in [-0.4, -0.2) is 4.98 Å². The largest absolute Gasteiger partial charge is 0.223 e. The zero-order valence-corrected chi connectivity index (χ0v) is 24.7. The minimum Gasteiger partial charge on any atom is -0.200 e. The van der Waals surface area contributed by atoms with Gasteiger partial charge in [0.25, 0.3) is 0 Å². The van der Waals surface area contributed by atoms with E-state index in [4.69, 9.17) is 16.6 Å². The van der Waals surface area contributed by atoms with Crippen molar-refractivity contribution in [3.8, 4) is 10.6 Å². The fourth-order valence-electron chi connectivity index (χ4n) is 4.77. The molecule has 6 rings (SSSR count). The molecule has 0 N–H and O–H groups in total. The summed E-state index contributed by atoms with van der Waals surface area (Å²) in [5.74, 6) is 0. The SMILES string of the molecule is Cc1ccc(-c2nc([P+](c3ccccc3)(c3ccccc3)c3ccccc3)c(Sc3ccc(Cl)cc3)s2)cc1. The molecule has 0 fully saturated rings. The molecular formula is C34H26ClNPS2+. The fourth-order valence-corrected chi connectivity index (χ4v) is 12.1. The number of halogens is 1. The maximum Gasteiger partial charge on any atom is 0.223 e. The van der Waals surface area contributed by atoms with E-state index in [9.17, 15) is 0 Å². The molecule has 0 bridgehead atoms. The van der Waals surface area contributed by atoms with E-state index in [1.54, 1.807) is 23.1 Å². The van der Waals surface area contributed by atoms with Crippen molar-refractivity contribution in [2.75, 3.05) is 0 Å². The van der Waals surface area contributed by atoms with Crippen molar-refractivity contribution < 1.29 is 0 Å². The first-order chi connectivity index (χ1) is 19.1. The van der Waals surface area contributed by atoms with Crippen LogP contribution in [0.15, 0.2) is 149 Å². The van der Waals surface area contributed by atoms with Crippen molar-refractivity contribution in [2.24, 2.45) is 0 Å². The van der Waals surface area contributed by atoms with Crippen LogP contribution >= 0.6 is 42.0 Å². The first kappa shape index (κ1) is 26.0. The van der Waals surface area contributed by atoms with Crippen LogP contribution in [-0.2, 0) is 0 Å². The third-order valence-corrected chi connectivity index (χ3v) is 13.7. The lowest BCUT2D eigenvalue weighted by Crippen LogP contribution is -2.39. The molecule has 39 heavy (non-hydrogen) atoms. The number of benzene rings is 5. The van der Waals surface area contributed by atoms with Crippen molar-refractivity contribution in [2.45, 2.75) is 16.0 Å². The van der Waals surface area contributed by atoms with Crippen LogP contribution < -0.4 is 21.3 Å². The van der Waals surface area contributed by atoms with Crippen molar-refractivity contribution in [3.05, 3.63) is 150 Å². The number of hydrogen-bond acceptors (Lipinski definition) is 3. The molecule has 1 aromatic heterocycles. The highest BCUT2D eigenvalue weighted by molar-refractivity contribution is 8.05. The van der Waals surface area contributed by atoms with E-state index in [2.05, 4.69) is 134 Å². The molecule has 0 saturated heterocycles. The Morgan fingerprint density at radius 3 is 1.59 bits per heavy atom. The number of thiazole rings is 1. The lowest BCUT2D eigenvalue weighted by atomic mass is 10.2. The summed E-state index contributed by atoms with van der Waals surface area (Å²) < 4.78 is 1.21. The van der Waals surface area contributed by atoms with E-state index in [-0.39, 0.29) is 0 Å². The van der Waals surface area contributed by atoms with Crippen LogP contribution in [0.5, 0.6) is 0 Å². The number of hydrogen-bond donors (Lipinski definition) is 0. The molecule has 190 valence electrons. The molecule has 1 nitrogen and oxygen atoms in total. The topological polar surface area (TPSA) is 12.9 Å². The summed E-state index contributed by atoms with van der Waals surface area (Å²) in [5.41, 5.74) is 3.53. The fraction of sp³-hybridized carbons (Fsp3) is 0.0294. The zero-order chi connectivity index (χ0) is 26.7. The highest BCUT2D eigenvalue weighted by atomic mass is 35.5. The van der Waals surface area contributed by atoms with Crippen LogP contribution in [0.3, 0.4) is 0 Å². The molecular weight excluding hydrogens is 553 g/mol. The minimum atomic E-state index is -2.35. The smallest absolute Gasteiger partial charge is 0.200 e. The first-order valence-corrected chi connectivity index (χ1v) is 16.5. The molecule has 0 unspecified atom stereocenters. The number of nitrogens with zero attached hydrogens (tertiary/aromatic N) is 1. The van der Waals surface area contributed by atoms with E-state index < -0.39 is 7.26 Å². The summed E-state index contributed by atoms with van der Waals surface area (Å²) in [6.45, 7) is 2.12. The van der Waals surface area contributed by atoms with Gasteiger partial charge in [-0.05, 0) is 67.6 Å². The van der Waals surface area contributed by atoms with E-state index in [1.807, 2.05) is 12.1 Å². The van der Waals surface area contributed by atoms with Crippen LogP contribution in [0, 0.1) is 6.92 Å². The van der Waals surface area contributed by atoms with Gasteiger partial charge in [-0.25, -0.2) is 0 Å². The second kappa shape index (κ2) is 11.5. The predicted molar refractivity (Wildman–Crippen MR) is 173 cm³/mol. The van der Waals surface area contributed by atoms with Gasteiger partial charge in [-0.1, -0.05) is 108 Å². The summed E-state index contributed by atoms with van der Waals surface area (Å²) >= 11 is 9.79. The minimum absolute atomic E-state index is 0.740.